The Morgan fingerprint density at radius 1 is 1.23 bits per heavy atom. The van der Waals surface area contributed by atoms with Gasteiger partial charge in [0.15, 0.2) is 5.65 Å². The zero-order valence-electron chi connectivity index (χ0n) is 12.6. The summed E-state index contributed by atoms with van der Waals surface area (Å²) in [5.74, 6) is 1.51. The monoisotopic (exact) mass is 299 g/mol. The number of nitrogens with zero attached hydrogens (tertiary/aromatic N) is 4. The Labute approximate surface area is 129 Å². The van der Waals surface area contributed by atoms with E-state index in [1.807, 2.05) is 33.7 Å². The van der Waals surface area contributed by atoms with Crippen molar-refractivity contribution in [3.05, 3.63) is 30.2 Å². The highest BCUT2D eigenvalue weighted by molar-refractivity contribution is 5.82. The van der Waals surface area contributed by atoms with Crippen molar-refractivity contribution in [3.63, 3.8) is 0 Å². The van der Waals surface area contributed by atoms with Crippen molar-refractivity contribution in [1.29, 1.82) is 0 Å². The van der Waals surface area contributed by atoms with E-state index < -0.39 is 0 Å². The van der Waals surface area contributed by atoms with E-state index >= 15 is 0 Å². The van der Waals surface area contributed by atoms with Crippen LogP contribution in [-0.2, 0) is 4.79 Å². The number of piperidine rings is 1. The third-order valence-corrected chi connectivity index (χ3v) is 4.80. The van der Waals surface area contributed by atoms with Gasteiger partial charge in [0.2, 0.25) is 5.91 Å². The molecule has 1 N–H and O–H groups in total. The highest BCUT2D eigenvalue weighted by atomic mass is 16.2. The number of pyridine rings is 1. The Balaban J connectivity index is 1.54. The van der Waals surface area contributed by atoms with Crippen molar-refractivity contribution in [2.75, 3.05) is 19.6 Å². The lowest BCUT2D eigenvalue weighted by molar-refractivity contribution is -0.134. The van der Waals surface area contributed by atoms with Crippen LogP contribution in [-0.4, -0.2) is 51.1 Å². The average Bonchev–Trinajstić information content (AvgIpc) is 3.24. The minimum atomic E-state index is 0.0221. The van der Waals surface area contributed by atoms with E-state index in [1.54, 1.807) is 0 Å². The van der Waals surface area contributed by atoms with Crippen molar-refractivity contribution in [3.8, 4) is 0 Å². The molecule has 0 radical (unpaired) electrons. The number of aromatic nitrogens is 3. The summed E-state index contributed by atoms with van der Waals surface area (Å²) in [4.78, 5) is 14.6. The quantitative estimate of drug-likeness (QED) is 0.905. The van der Waals surface area contributed by atoms with Gasteiger partial charge in [-0.25, -0.2) is 0 Å². The summed E-state index contributed by atoms with van der Waals surface area (Å²) in [6, 6.07) is 5.95. The van der Waals surface area contributed by atoms with Gasteiger partial charge in [-0.2, -0.15) is 0 Å². The second-order valence-electron chi connectivity index (χ2n) is 6.26. The Hall–Kier alpha value is -1.95. The number of carbonyl (C=O) groups is 1. The molecule has 1 amide bonds. The van der Waals surface area contributed by atoms with Crippen LogP contribution in [0.2, 0.25) is 0 Å². The summed E-state index contributed by atoms with van der Waals surface area (Å²) in [5.41, 5.74) is 0.874. The fourth-order valence-corrected chi connectivity index (χ4v) is 3.64. The lowest BCUT2D eigenvalue weighted by Gasteiger charge is -2.33. The molecule has 0 spiro atoms. The predicted molar refractivity (Wildman–Crippen MR) is 82.6 cm³/mol. The molecule has 22 heavy (non-hydrogen) atoms. The van der Waals surface area contributed by atoms with Crippen LogP contribution in [0.15, 0.2) is 24.4 Å². The first-order chi connectivity index (χ1) is 10.8. The van der Waals surface area contributed by atoms with Crippen molar-refractivity contribution in [2.45, 2.75) is 37.6 Å². The summed E-state index contributed by atoms with van der Waals surface area (Å²) in [6.07, 6.45) is 6.17. The van der Waals surface area contributed by atoms with Crippen LogP contribution in [0.1, 0.15) is 37.4 Å². The molecular weight excluding hydrogens is 278 g/mol. The normalized spacial score (nSPS) is 25.7. The third-order valence-electron chi connectivity index (χ3n) is 4.80. The average molecular weight is 299 g/mol. The maximum absolute atomic E-state index is 12.6. The van der Waals surface area contributed by atoms with Crippen LogP contribution in [0.5, 0.6) is 0 Å². The molecule has 2 atom stereocenters. The number of hydrogen-bond acceptors (Lipinski definition) is 4. The van der Waals surface area contributed by atoms with Gasteiger partial charge in [-0.05, 0) is 44.4 Å². The Bertz CT molecular complexity index is 676. The number of rotatable bonds is 2. The summed E-state index contributed by atoms with van der Waals surface area (Å²) in [7, 11) is 0. The second-order valence-corrected chi connectivity index (χ2v) is 6.26. The summed E-state index contributed by atoms with van der Waals surface area (Å²) in [6.45, 7) is 2.58. The highest BCUT2D eigenvalue weighted by Gasteiger charge is 2.32. The van der Waals surface area contributed by atoms with Crippen molar-refractivity contribution >= 4 is 11.6 Å². The first kappa shape index (κ1) is 13.7. The number of amides is 1. The molecule has 1 unspecified atom stereocenters. The maximum Gasteiger partial charge on any atom is 0.239 e. The first-order valence-corrected chi connectivity index (χ1v) is 8.15. The van der Waals surface area contributed by atoms with Crippen LogP contribution in [0.3, 0.4) is 0 Å². The Morgan fingerprint density at radius 3 is 3.05 bits per heavy atom. The topological polar surface area (TPSA) is 62.5 Å². The molecule has 6 nitrogen and oxygen atoms in total. The van der Waals surface area contributed by atoms with E-state index in [0.29, 0.717) is 0 Å². The molecule has 6 heteroatoms. The van der Waals surface area contributed by atoms with Gasteiger partial charge < -0.3 is 10.2 Å². The number of nitrogens with one attached hydrogen (secondary N) is 1. The molecule has 2 saturated heterocycles. The van der Waals surface area contributed by atoms with E-state index in [4.69, 9.17) is 0 Å². The lowest BCUT2D eigenvalue weighted by atomic mass is 9.96. The van der Waals surface area contributed by atoms with Gasteiger partial charge in [0.05, 0.1) is 6.04 Å². The standard InChI is InChI=1S/C16H21N5O/c22-16(13-6-3-8-17-13)20-9-4-5-12(11-20)15-19-18-14-7-1-2-10-21(14)15/h1-2,7,10,12-13,17H,3-6,8-9,11H2/t12?,13-/m0/s1. The van der Waals surface area contributed by atoms with Gasteiger partial charge in [-0.3, -0.25) is 9.20 Å². The van der Waals surface area contributed by atoms with Crippen LogP contribution < -0.4 is 5.32 Å². The van der Waals surface area contributed by atoms with Gasteiger partial charge in [0.25, 0.3) is 0 Å². The SMILES string of the molecule is O=C([C@@H]1CCCN1)N1CCCC(c2nnc3ccccn23)C1. The number of hydrogen-bond donors (Lipinski definition) is 1. The Morgan fingerprint density at radius 2 is 2.18 bits per heavy atom. The zero-order chi connectivity index (χ0) is 14.9. The van der Waals surface area contributed by atoms with Crippen molar-refractivity contribution < 1.29 is 4.79 Å². The molecular formula is C16H21N5O. The van der Waals surface area contributed by atoms with E-state index in [2.05, 4.69) is 15.5 Å². The summed E-state index contributed by atoms with van der Waals surface area (Å²) < 4.78 is 2.05. The summed E-state index contributed by atoms with van der Waals surface area (Å²) >= 11 is 0. The molecule has 0 aromatic carbocycles. The van der Waals surface area contributed by atoms with Crippen molar-refractivity contribution in [1.82, 2.24) is 24.8 Å². The molecule has 0 saturated carbocycles. The number of carbonyl (C=O) groups excluding carboxylic acids is 1. The number of likely N-dealkylation sites (tertiary alicyclic amines) is 1. The van der Waals surface area contributed by atoms with Crippen LogP contribution >= 0.6 is 0 Å². The Kier molecular flexibility index (Phi) is 3.54. The van der Waals surface area contributed by atoms with E-state index in [-0.39, 0.29) is 17.9 Å². The lowest BCUT2D eigenvalue weighted by Crippen LogP contribution is -2.47. The van der Waals surface area contributed by atoms with E-state index in [1.165, 1.54) is 0 Å². The second kappa shape index (κ2) is 5.68. The number of fused-ring (bicyclic) bond motifs is 1. The molecule has 4 heterocycles. The van der Waals surface area contributed by atoms with Crippen LogP contribution in [0, 0.1) is 0 Å². The predicted octanol–water partition coefficient (Wildman–Crippen LogP) is 1.19. The molecule has 2 aromatic heterocycles. The van der Waals surface area contributed by atoms with Gasteiger partial charge >= 0.3 is 0 Å². The van der Waals surface area contributed by atoms with Gasteiger partial charge in [0, 0.05) is 25.2 Å². The van der Waals surface area contributed by atoms with Crippen LogP contribution in [0.4, 0.5) is 0 Å². The molecule has 0 bridgehead atoms. The van der Waals surface area contributed by atoms with Crippen LogP contribution in [0.25, 0.3) is 5.65 Å². The van der Waals surface area contributed by atoms with Crippen molar-refractivity contribution in [2.24, 2.45) is 0 Å². The van der Waals surface area contributed by atoms with E-state index in [0.717, 1.165) is 56.8 Å². The fourth-order valence-electron chi connectivity index (χ4n) is 3.64. The minimum absolute atomic E-state index is 0.0221. The van der Waals surface area contributed by atoms with Gasteiger partial charge in [0.1, 0.15) is 5.82 Å². The maximum atomic E-state index is 12.6. The molecule has 2 fully saturated rings. The smallest absolute Gasteiger partial charge is 0.239 e. The molecule has 2 aliphatic rings. The highest BCUT2D eigenvalue weighted by Crippen LogP contribution is 2.27. The molecule has 0 aliphatic carbocycles. The molecule has 116 valence electrons. The third kappa shape index (κ3) is 2.37. The van der Waals surface area contributed by atoms with Gasteiger partial charge in [-0.1, -0.05) is 6.07 Å². The summed E-state index contributed by atoms with van der Waals surface area (Å²) in [5, 5.41) is 11.9. The minimum Gasteiger partial charge on any atom is -0.341 e. The molecule has 2 aliphatic heterocycles. The molecule has 4 rings (SSSR count). The van der Waals surface area contributed by atoms with Gasteiger partial charge in [-0.15, -0.1) is 10.2 Å². The molecule has 2 aromatic rings. The largest absolute Gasteiger partial charge is 0.341 e. The fraction of sp³-hybridized carbons (Fsp3) is 0.562. The zero-order valence-corrected chi connectivity index (χ0v) is 12.6. The van der Waals surface area contributed by atoms with E-state index in [9.17, 15) is 4.79 Å². The first-order valence-electron chi connectivity index (χ1n) is 8.15.